The van der Waals surface area contributed by atoms with Gasteiger partial charge in [0.2, 0.25) is 0 Å². The Bertz CT molecular complexity index is 1310. The van der Waals surface area contributed by atoms with Crippen LogP contribution in [-0.4, -0.2) is 39.6 Å². The number of carboxylic acids is 1. The Morgan fingerprint density at radius 3 is 2.50 bits per heavy atom. The molecule has 1 atom stereocenters. The Labute approximate surface area is 216 Å². The quantitative estimate of drug-likeness (QED) is 0.213. The molecule has 0 saturated carbocycles. The molecule has 0 fully saturated rings. The number of halogens is 1. The number of unbranched alkanes of at least 4 members (excludes halogenated alkanes) is 2. The Hall–Kier alpha value is -2.98. The third-order valence-electron chi connectivity index (χ3n) is 5.68. The van der Waals surface area contributed by atoms with Crippen LogP contribution in [0.15, 0.2) is 65.8 Å². The lowest BCUT2D eigenvalue weighted by atomic mass is 10.1. The molecule has 0 radical (unpaired) electrons. The highest BCUT2D eigenvalue weighted by molar-refractivity contribution is 7.85. The first-order valence-electron chi connectivity index (χ1n) is 11.7. The fourth-order valence-electron chi connectivity index (χ4n) is 3.79. The van der Waals surface area contributed by atoms with Gasteiger partial charge in [0, 0.05) is 11.6 Å². The molecule has 2 aromatic carbocycles. The van der Waals surface area contributed by atoms with Crippen molar-refractivity contribution >= 4 is 33.8 Å². The minimum Gasteiger partial charge on any atom is -0.480 e. The average Bonchev–Trinajstić information content (AvgIpc) is 3.19. The van der Waals surface area contributed by atoms with Crippen LogP contribution in [0.25, 0.3) is 6.08 Å². The highest BCUT2D eigenvalue weighted by Gasteiger charge is 2.26. The number of rotatable bonds is 13. The second kappa shape index (κ2) is 12.8. The van der Waals surface area contributed by atoms with Crippen LogP contribution in [0, 0.1) is 0 Å². The molecule has 0 bridgehead atoms. The van der Waals surface area contributed by atoms with Gasteiger partial charge in [-0.3, -0.25) is 14.7 Å². The van der Waals surface area contributed by atoms with Crippen LogP contribution in [0.4, 0.5) is 0 Å². The van der Waals surface area contributed by atoms with Gasteiger partial charge in [-0.2, -0.15) is 8.42 Å². The van der Waals surface area contributed by atoms with E-state index in [1.807, 2.05) is 36.4 Å². The topological polar surface area (TPSA) is 122 Å². The normalized spacial score (nSPS) is 12.8. The molecule has 0 spiro atoms. The van der Waals surface area contributed by atoms with Crippen molar-refractivity contribution in [1.29, 1.82) is 0 Å². The van der Waals surface area contributed by atoms with Gasteiger partial charge in [-0.15, -0.1) is 0 Å². The van der Waals surface area contributed by atoms with Crippen LogP contribution in [0.3, 0.4) is 0 Å². The standard InChI is InChI=1S/C26H30ClN3O5S/c1-2-3-4-8-15-22-24(17-28-23(25(31)32)16-19-11-6-5-7-12-19)30(26(29-22)36(33,34)35)18-20-13-9-10-14-21(20)27/h5-15,23,28H,2-4,16-18H2,1H3,(H,31,32)(H,33,34,35). The minimum atomic E-state index is -4.68. The summed E-state index contributed by atoms with van der Waals surface area (Å²) in [5.41, 5.74) is 2.24. The average molecular weight is 532 g/mol. The molecule has 10 heteroatoms. The lowest BCUT2D eigenvalue weighted by Crippen LogP contribution is -2.38. The molecule has 1 unspecified atom stereocenters. The first-order chi connectivity index (χ1) is 17.2. The van der Waals surface area contributed by atoms with E-state index in [2.05, 4.69) is 17.2 Å². The summed E-state index contributed by atoms with van der Waals surface area (Å²) in [7, 11) is -4.68. The van der Waals surface area contributed by atoms with Crippen molar-refractivity contribution in [2.75, 3.05) is 0 Å². The van der Waals surface area contributed by atoms with E-state index < -0.39 is 27.3 Å². The zero-order valence-electron chi connectivity index (χ0n) is 20.0. The van der Waals surface area contributed by atoms with E-state index in [0.717, 1.165) is 24.8 Å². The SMILES string of the molecule is CCCCC=Cc1nc(S(=O)(=O)O)n(Cc2ccccc2Cl)c1CNC(Cc1ccccc1)C(=O)O. The Morgan fingerprint density at radius 1 is 1.17 bits per heavy atom. The van der Waals surface area contributed by atoms with Crippen LogP contribution in [-0.2, 0) is 34.4 Å². The molecule has 0 saturated heterocycles. The maximum atomic E-state index is 12.3. The fourth-order valence-corrected chi connectivity index (χ4v) is 4.65. The predicted molar refractivity (Wildman–Crippen MR) is 140 cm³/mol. The fraction of sp³-hybridized carbons (Fsp3) is 0.308. The molecule has 1 heterocycles. The van der Waals surface area contributed by atoms with Crippen molar-refractivity contribution < 1.29 is 22.9 Å². The molecule has 3 rings (SSSR count). The molecular formula is C26H30ClN3O5S. The van der Waals surface area contributed by atoms with Crippen LogP contribution >= 0.6 is 11.6 Å². The highest BCUT2D eigenvalue weighted by Crippen LogP contribution is 2.24. The number of carboxylic acid groups (broad SMARTS) is 1. The van der Waals surface area contributed by atoms with Gasteiger partial charge in [0.1, 0.15) is 6.04 Å². The zero-order chi connectivity index (χ0) is 26.1. The number of allylic oxidation sites excluding steroid dienone is 1. The molecule has 3 aromatic rings. The lowest BCUT2D eigenvalue weighted by Gasteiger charge is -2.17. The largest absolute Gasteiger partial charge is 0.480 e. The number of carbonyl (C=O) groups is 1. The van der Waals surface area contributed by atoms with Crippen molar-refractivity contribution in [3.8, 4) is 0 Å². The van der Waals surface area contributed by atoms with Gasteiger partial charge in [0.15, 0.2) is 0 Å². The number of benzene rings is 2. The maximum Gasteiger partial charge on any atom is 0.328 e. The van der Waals surface area contributed by atoms with Crippen LogP contribution < -0.4 is 5.32 Å². The molecule has 0 aliphatic heterocycles. The van der Waals surface area contributed by atoms with Gasteiger partial charge in [-0.05, 0) is 36.1 Å². The molecule has 0 amide bonds. The minimum absolute atomic E-state index is 0.00419. The summed E-state index contributed by atoms with van der Waals surface area (Å²) in [5.74, 6) is -1.04. The lowest BCUT2D eigenvalue weighted by molar-refractivity contribution is -0.139. The second-order valence-corrected chi connectivity index (χ2v) is 10.1. The number of nitrogens with zero attached hydrogens (tertiary/aromatic N) is 2. The van der Waals surface area contributed by atoms with Crippen LogP contribution in [0.1, 0.15) is 48.7 Å². The van der Waals surface area contributed by atoms with Gasteiger partial charge in [-0.1, -0.05) is 86.0 Å². The van der Waals surface area contributed by atoms with E-state index in [-0.39, 0.29) is 19.5 Å². The Morgan fingerprint density at radius 2 is 1.86 bits per heavy atom. The highest BCUT2D eigenvalue weighted by atomic mass is 35.5. The summed E-state index contributed by atoms with van der Waals surface area (Å²) >= 11 is 6.32. The van der Waals surface area contributed by atoms with E-state index in [4.69, 9.17) is 11.6 Å². The van der Waals surface area contributed by atoms with Gasteiger partial charge in [0.05, 0.1) is 17.9 Å². The number of aromatic nitrogens is 2. The zero-order valence-corrected chi connectivity index (χ0v) is 21.5. The third kappa shape index (κ3) is 7.51. The van der Waals surface area contributed by atoms with Crippen molar-refractivity contribution in [3.63, 3.8) is 0 Å². The van der Waals surface area contributed by atoms with Crippen molar-refractivity contribution in [3.05, 3.63) is 88.2 Å². The van der Waals surface area contributed by atoms with E-state index in [9.17, 15) is 22.9 Å². The van der Waals surface area contributed by atoms with Crippen molar-refractivity contribution in [2.24, 2.45) is 0 Å². The van der Waals surface area contributed by atoms with Gasteiger partial charge in [0.25, 0.3) is 5.16 Å². The predicted octanol–water partition coefficient (Wildman–Crippen LogP) is 4.82. The molecule has 0 aliphatic rings. The van der Waals surface area contributed by atoms with E-state index in [1.54, 1.807) is 30.3 Å². The summed E-state index contributed by atoms with van der Waals surface area (Å²) in [6.07, 6.45) is 6.55. The van der Waals surface area contributed by atoms with Gasteiger partial charge < -0.3 is 9.67 Å². The monoisotopic (exact) mass is 531 g/mol. The summed E-state index contributed by atoms with van der Waals surface area (Å²) in [6, 6.07) is 15.3. The molecule has 8 nitrogen and oxygen atoms in total. The summed E-state index contributed by atoms with van der Waals surface area (Å²) < 4.78 is 35.8. The first kappa shape index (κ1) is 27.6. The van der Waals surface area contributed by atoms with Crippen LogP contribution in [0.2, 0.25) is 5.02 Å². The number of nitrogens with one attached hydrogen (secondary N) is 1. The van der Waals surface area contributed by atoms with Gasteiger partial charge >= 0.3 is 16.1 Å². The van der Waals surface area contributed by atoms with Crippen molar-refractivity contribution in [1.82, 2.24) is 14.9 Å². The number of hydrogen-bond donors (Lipinski definition) is 3. The molecule has 36 heavy (non-hydrogen) atoms. The smallest absolute Gasteiger partial charge is 0.328 e. The molecular weight excluding hydrogens is 502 g/mol. The van der Waals surface area contributed by atoms with Crippen molar-refractivity contribution in [2.45, 2.75) is 56.9 Å². The summed E-state index contributed by atoms with van der Waals surface area (Å²) in [4.78, 5) is 16.2. The molecule has 1 aromatic heterocycles. The van der Waals surface area contributed by atoms with Gasteiger partial charge in [-0.25, -0.2) is 4.98 Å². The summed E-state index contributed by atoms with van der Waals surface area (Å²) in [5, 5.41) is 12.7. The molecule has 192 valence electrons. The Kier molecular flexibility index (Phi) is 9.83. The van der Waals surface area contributed by atoms with E-state index >= 15 is 0 Å². The van der Waals surface area contributed by atoms with E-state index in [1.165, 1.54) is 4.57 Å². The number of hydrogen-bond acceptors (Lipinski definition) is 5. The number of aliphatic carboxylic acids is 1. The first-order valence-corrected chi connectivity index (χ1v) is 13.5. The second-order valence-electron chi connectivity index (χ2n) is 8.38. The number of imidazole rings is 1. The third-order valence-corrected chi connectivity index (χ3v) is 6.82. The summed E-state index contributed by atoms with van der Waals surface area (Å²) in [6.45, 7) is 2.10. The maximum absolute atomic E-state index is 12.3. The van der Waals surface area contributed by atoms with E-state index in [0.29, 0.717) is 22.0 Å². The molecule has 0 aliphatic carbocycles. The molecule has 3 N–H and O–H groups in total. The van der Waals surface area contributed by atoms with Crippen LogP contribution in [0.5, 0.6) is 0 Å². The Balaban J connectivity index is 2.01.